The number of amides is 2. The van der Waals surface area contributed by atoms with Gasteiger partial charge in [0.05, 0.1) is 21.3 Å². The van der Waals surface area contributed by atoms with Crippen molar-refractivity contribution in [2.75, 3.05) is 10.6 Å². The molecule has 0 radical (unpaired) electrons. The van der Waals surface area contributed by atoms with Gasteiger partial charge in [-0.2, -0.15) is 0 Å². The average molecular weight is 570 g/mol. The molecular weight excluding hydrogens is 547 g/mol. The van der Waals surface area contributed by atoms with Crippen molar-refractivity contribution in [2.24, 2.45) is 0 Å². The Balaban J connectivity index is 1.82. The molecule has 3 aromatic carbocycles. The van der Waals surface area contributed by atoms with Gasteiger partial charge < -0.3 is 15.7 Å². The van der Waals surface area contributed by atoms with Crippen LogP contribution in [0.1, 0.15) is 34.8 Å². The van der Waals surface area contributed by atoms with Crippen molar-refractivity contribution in [3.05, 3.63) is 80.3 Å². The van der Waals surface area contributed by atoms with Crippen LogP contribution in [-0.4, -0.2) is 30.6 Å². The number of anilines is 2. The number of hydrogen-bond donors (Lipinski definition) is 3. The van der Waals surface area contributed by atoms with Crippen LogP contribution in [0.2, 0.25) is 15.1 Å². The van der Waals surface area contributed by atoms with Gasteiger partial charge in [0.1, 0.15) is 11.0 Å². The predicted octanol–water partition coefficient (Wildman–Crippen LogP) is 6.41. The maximum absolute atomic E-state index is 13.0. The number of benzene rings is 3. The highest BCUT2D eigenvalue weighted by Crippen LogP contribution is 2.35. The second kappa shape index (κ2) is 11.1. The van der Waals surface area contributed by atoms with Crippen LogP contribution in [0.3, 0.4) is 0 Å². The second-order valence-electron chi connectivity index (χ2n) is 8.11. The van der Waals surface area contributed by atoms with Gasteiger partial charge in [0.25, 0.3) is 5.91 Å². The SMILES string of the molecule is CCC(C(=O)Nc1cc(O)c(NC(=O)c2cc(Cl)c(C)c(Cl)c2)cc1Cl)S(=O)(=O)c1ccc(C)cc1. The van der Waals surface area contributed by atoms with Crippen LogP contribution in [0.5, 0.6) is 5.75 Å². The van der Waals surface area contributed by atoms with Crippen molar-refractivity contribution >= 4 is 67.8 Å². The molecule has 0 saturated carbocycles. The van der Waals surface area contributed by atoms with Gasteiger partial charge in [-0.15, -0.1) is 0 Å². The van der Waals surface area contributed by atoms with Crippen LogP contribution >= 0.6 is 34.8 Å². The topological polar surface area (TPSA) is 113 Å². The Bertz CT molecular complexity index is 1420. The van der Waals surface area contributed by atoms with Gasteiger partial charge >= 0.3 is 0 Å². The second-order valence-corrected chi connectivity index (χ2v) is 11.5. The van der Waals surface area contributed by atoms with Gasteiger partial charge in [-0.1, -0.05) is 59.4 Å². The molecular formula is C25H23Cl3N2O5S. The van der Waals surface area contributed by atoms with E-state index in [4.69, 9.17) is 34.8 Å². The first-order valence-corrected chi connectivity index (χ1v) is 13.4. The first-order valence-electron chi connectivity index (χ1n) is 10.8. The number of carbonyl (C=O) groups is 2. The number of phenolic OH excluding ortho intramolecular Hbond substituents is 1. The third-order valence-electron chi connectivity index (χ3n) is 5.52. The summed E-state index contributed by atoms with van der Waals surface area (Å²) in [7, 11) is -3.97. The molecule has 0 aliphatic rings. The van der Waals surface area contributed by atoms with Gasteiger partial charge in [-0.25, -0.2) is 8.42 Å². The molecule has 0 aliphatic heterocycles. The van der Waals surface area contributed by atoms with Crippen LogP contribution < -0.4 is 10.6 Å². The maximum atomic E-state index is 13.0. The van der Waals surface area contributed by atoms with Crippen molar-refractivity contribution in [2.45, 2.75) is 37.3 Å². The zero-order valence-corrected chi connectivity index (χ0v) is 22.6. The molecule has 3 N–H and O–H groups in total. The Hall–Kier alpha value is -2.78. The molecule has 190 valence electrons. The normalized spacial score (nSPS) is 12.2. The lowest BCUT2D eigenvalue weighted by atomic mass is 10.1. The Morgan fingerprint density at radius 2 is 1.47 bits per heavy atom. The van der Waals surface area contributed by atoms with Gasteiger partial charge in [-0.05, 0) is 56.2 Å². The monoisotopic (exact) mass is 568 g/mol. The molecule has 7 nitrogen and oxygen atoms in total. The third kappa shape index (κ3) is 5.95. The van der Waals surface area contributed by atoms with E-state index in [-0.39, 0.29) is 33.3 Å². The fourth-order valence-corrected chi connectivity index (χ4v) is 5.70. The Morgan fingerprint density at radius 1 is 0.889 bits per heavy atom. The van der Waals surface area contributed by atoms with Crippen molar-refractivity contribution in [3.8, 4) is 5.75 Å². The van der Waals surface area contributed by atoms with Crippen LogP contribution in [0.4, 0.5) is 11.4 Å². The Labute approximate surface area is 224 Å². The first kappa shape index (κ1) is 27.8. The summed E-state index contributed by atoms with van der Waals surface area (Å²) in [4.78, 5) is 25.6. The van der Waals surface area contributed by atoms with Crippen molar-refractivity contribution in [3.63, 3.8) is 0 Å². The summed E-state index contributed by atoms with van der Waals surface area (Å²) in [6, 6.07) is 11.4. The molecule has 1 atom stereocenters. The standard InChI is InChI=1S/C25H23Cl3N2O5S/c1-4-23(36(34,35)16-7-5-13(2)6-8-16)25(33)29-20-12-22(31)21(11-19(20)28)30-24(32)15-9-17(26)14(3)18(27)10-15/h5-12,23,31H,4H2,1-3H3,(H,29,33)(H,30,32). The molecule has 11 heteroatoms. The van der Waals surface area contributed by atoms with E-state index in [1.807, 2.05) is 6.92 Å². The summed E-state index contributed by atoms with van der Waals surface area (Å²) in [5, 5.41) is 14.6. The van der Waals surface area contributed by atoms with Crippen molar-refractivity contribution in [1.29, 1.82) is 0 Å². The summed E-state index contributed by atoms with van der Waals surface area (Å²) in [5.74, 6) is -1.81. The fraction of sp³-hybridized carbons (Fsp3) is 0.200. The number of carbonyl (C=O) groups excluding carboxylic acids is 2. The lowest BCUT2D eigenvalue weighted by Gasteiger charge is -2.18. The highest BCUT2D eigenvalue weighted by atomic mass is 35.5. The molecule has 1 unspecified atom stereocenters. The number of aromatic hydroxyl groups is 1. The van der Waals surface area contributed by atoms with Gasteiger partial charge in [-0.3, -0.25) is 9.59 Å². The summed E-state index contributed by atoms with van der Waals surface area (Å²) in [6.45, 7) is 5.11. The zero-order valence-electron chi connectivity index (χ0n) is 19.5. The quantitative estimate of drug-likeness (QED) is 0.285. The Morgan fingerprint density at radius 3 is 2.03 bits per heavy atom. The summed E-state index contributed by atoms with van der Waals surface area (Å²) >= 11 is 18.5. The fourth-order valence-electron chi connectivity index (χ4n) is 3.38. The van der Waals surface area contributed by atoms with Gasteiger partial charge in [0.2, 0.25) is 5.91 Å². The van der Waals surface area contributed by atoms with E-state index >= 15 is 0 Å². The molecule has 0 aromatic heterocycles. The maximum Gasteiger partial charge on any atom is 0.255 e. The summed E-state index contributed by atoms with van der Waals surface area (Å²) in [6.07, 6.45) is 0.0153. The van der Waals surface area contributed by atoms with E-state index < -0.39 is 32.7 Å². The smallest absolute Gasteiger partial charge is 0.255 e. The van der Waals surface area contributed by atoms with Crippen molar-refractivity contribution < 1.29 is 23.1 Å². The van der Waals surface area contributed by atoms with Crippen LogP contribution in [0, 0.1) is 13.8 Å². The summed E-state index contributed by atoms with van der Waals surface area (Å²) in [5.41, 5.74) is 1.62. The lowest BCUT2D eigenvalue weighted by molar-refractivity contribution is -0.115. The molecule has 0 fully saturated rings. The zero-order chi connectivity index (χ0) is 26.8. The highest BCUT2D eigenvalue weighted by Gasteiger charge is 2.33. The Kier molecular flexibility index (Phi) is 8.56. The predicted molar refractivity (Wildman–Crippen MR) is 143 cm³/mol. The van der Waals surface area contributed by atoms with Gasteiger partial charge in [0, 0.05) is 21.7 Å². The third-order valence-corrected chi connectivity index (χ3v) is 8.85. The molecule has 0 bridgehead atoms. The number of aryl methyl sites for hydroxylation is 1. The highest BCUT2D eigenvalue weighted by molar-refractivity contribution is 7.92. The van der Waals surface area contributed by atoms with Crippen molar-refractivity contribution in [1.82, 2.24) is 0 Å². The minimum atomic E-state index is -3.97. The number of phenols is 1. The molecule has 3 rings (SSSR count). The molecule has 0 saturated heterocycles. The number of nitrogens with one attached hydrogen (secondary N) is 2. The average Bonchev–Trinajstić information content (AvgIpc) is 2.80. The minimum Gasteiger partial charge on any atom is -0.506 e. The van der Waals surface area contributed by atoms with E-state index in [0.717, 1.165) is 11.6 Å². The van der Waals surface area contributed by atoms with Crippen LogP contribution in [0.15, 0.2) is 53.4 Å². The van der Waals surface area contributed by atoms with Crippen LogP contribution in [-0.2, 0) is 14.6 Å². The number of rotatable bonds is 7. The van der Waals surface area contributed by atoms with E-state index in [9.17, 15) is 23.1 Å². The van der Waals surface area contributed by atoms with E-state index in [1.54, 1.807) is 26.0 Å². The molecule has 0 aliphatic carbocycles. The van der Waals surface area contributed by atoms with E-state index in [1.165, 1.54) is 30.3 Å². The van der Waals surface area contributed by atoms with E-state index in [0.29, 0.717) is 15.6 Å². The molecule has 0 heterocycles. The van der Waals surface area contributed by atoms with E-state index in [2.05, 4.69) is 10.6 Å². The number of hydrogen-bond acceptors (Lipinski definition) is 5. The molecule has 3 aromatic rings. The summed E-state index contributed by atoms with van der Waals surface area (Å²) < 4.78 is 26.1. The molecule has 0 spiro atoms. The molecule has 36 heavy (non-hydrogen) atoms. The first-order chi connectivity index (χ1) is 16.8. The minimum absolute atomic E-state index is 0.0153. The molecule has 2 amide bonds. The number of halogens is 3. The van der Waals surface area contributed by atoms with Gasteiger partial charge in [0.15, 0.2) is 9.84 Å². The largest absolute Gasteiger partial charge is 0.506 e. The lowest BCUT2D eigenvalue weighted by Crippen LogP contribution is -2.34. The number of sulfone groups is 1. The van der Waals surface area contributed by atoms with Crippen LogP contribution in [0.25, 0.3) is 0 Å².